The van der Waals surface area contributed by atoms with Gasteiger partial charge in [-0.1, -0.05) is 30.3 Å². The summed E-state index contributed by atoms with van der Waals surface area (Å²) in [6, 6.07) is 12.5. The maximum atomic E-state index is 13.6. The minimum absolute atomic E-state index is 0.0172. The van der Waals surface area contributed by atoms with E-state index in [0.717, 1.165) is 0 Å². The average molecular weight is 229 g/mol. The lowest BCUT2D eigenvalue weighted by Crippen LogP contribution is -1.91. The van der Waals surface area contributed by atoms with Gasteiger partial charge in [-0.3, -0.25) is 0 Å². The summed E-state index contributed by atoms with van der Waals surface area (Å²) < 4.78 is 27.1. The van der Waals surface area contributed by atoms with E-state index in [9.17, 15) is 8.78 Å². The topological polar surface area (TPSA) is 23.8 Å². The Morgan fingerprint density at radius 2 is 1.76 bits per heavy atom. The van der Waals surface area contributed by atoms with Crippen molar-refractivity contribution in [2.24, 2.45) is 0 Å². The molecule has 3 heteroatoms. The second kappa shape index (κ2) is 4.75. The number of rotatable bonds is 2. The van der Waals surface area contributed by atoms with Gasteiger partial charge in [0.1, 0.15) is 11.6 Å². The molecule has 0 amide bonds. The molecular weight excluding hydrogens is 220 g/mol. The highest BCUT2D eigenvalue weighted by Gasteiger charge is 2.07. The Kier molecular flexibility index (Phi) is 3.15. The fourth-order valence-electron chi connectivity index (χ4n) is 1.64. The summed E-state index contributed by atoms with van der Waals surface area (Å²) in [7, 11) is 0. The van der Waals surface area contributed by atoms with Gasteiger partial charge in [-0.05, 0) is 17.7 Å². The first-order valence-corrected chi connectivity index (χ1v) is 5.12. The molecule has 0 N–H and O–H groups in total. The van der Waals surface area contributed by atoms with Crippen molar-refractivity contribution < 1.29 is 8.78 Å². The Balaban J connectivity index is 2.46. The molecule has 0 heterocycles. The molecule has 0 aliphatic carbocycles. The van der Waals surface area contributed by atoms with E-state index in [-0.39, 0.29) is 12.2 Å². The van der Waals surface area contributed by atoms with Crippen molar-refractivity contribution in [2.45, 2.75) is 6.42 Å². The number of halogens is 2. The van der Waals surface area contributed by atoms with Crippen molar-refractivity contribution >= 4 is 0 Å². The van der Waals surface area contributed by atoms with Gasteiger partial charge in [0.2, 0.25) is 0 Å². The van der Waals surface area contributed by atoms with Gasteiger partial charge in [0.25, 0.3) is 0 Å². The summed E-state index contributed by atoms with van der Waals surface area (Å²) in [5.41, 5.74) is 1.16. The minimum atomic E-state index is -0.479. The molecule has 0 fully saturated rings. The zero-order chi connectivity index (χ0) is 12.3. The Labute approximate surface area is 97.9 Å². The normalized spacial score (nSPS) is 9.94. The van der Waals surface area contributed by atoms with Gasteiger partial charge in [-0.2, -0.15) is 5.26 Å². The molecule has 0 aromatic heterocycles. The first kappa shape index (κ1) is 11.3. The highest BCUT2D eigenvalue weighted by atomic mass is 19.1. The summed E-state index contributed by atoms with van der Waals surface area (Å²) in [5.74, 6) is -0.868. The van der Waals surface area contributed by atoms with E-state index < -0.39 is 5.82 Å². The third kappa shape index (κ3) is 2.31. The molecule has 17 heavy (non-hydrogen) atoms. The predicted molar refractivity (Wildman–Crippen MR) is 61.1 cm³/mol. The molecule has 0 spiro atoms. The van der Waals surface area contributed by atoms with Crippen LogP contribution in [0.2, 0.25) is 0 Å². The zero-order valence-electron chi connectivity index (χ0n) is 8.95. The Morgan fingerprint density at radius 3 is 2.41 bits per heavy atom. The highest BCUT2D eigenvalue weighted by molar-refractivity contribution is 5.64. The Hall–Kier alpha value is -2.21. The lowest BCUT2D eigenvalue weighted by Gasteiger charge is -2.05. The van der Waals surface area contributed by atoms with E-state index in [1.54, 1.807) is 24.3 Å². The van der Waals surface area contributed by atoms with E-state index >= 15 is 0 Å². The van der Waals surface area contributed by atoms with Gasteiger partial charge < -0.3 is 0 Å². The molecule has 84 valence electrons. The molecular formula is C14H9F2N. The lowest BCUT2D eigenvalue weighted by molar-refractivity contribution is 0.614. The molecule has 1 nitrogen and oxygen atoms in total. The van der Waals surface area contributed by atoms with E-state index in [1.165, 1.54) is 18.2 Å². The van der Waals surface area contributed by atoms with E-state index in [2.05, 4.69) is 0 Å². The molecule has 0 aliphatic rings. The molecule has 0 atom stereocenters. The fraction of sp³-hybridized carbons (Fsp3) is 0.0714. The quantitative estimate of drug-likeness (QED) is 0.770. The van der Waals surface area contributed by atoms with Gasteiger partial charge in [0.15, 0.2) is 0 Å². The second-order valence-electron chi connectivity index (χ2n) is 3.62. The van der Waals surface area contributed by atoms with Crippen molar-refractivity contribution in [1.29, 1.82) is 5.26 Å². The van der Waals surface area contributed by atoms with Gasteiger partial charge in [0.05, 0.1) is 12.5 Å². The van der Waals surface area contributed by atoms with Crippen LogP contribution in [0.1, 0.15) is 5.56 Å². The highest BCUT2D eigenvalue weighted by Crippen LogP contribution is 2.24. The summed E-state index contributed by atoms with van der Waals surface area (Å²) >= 11 is 0. The van der Waals surface area contributed by atoms with Gasteiger partial charge in [-0.15, -0.1) is 0 Å². The third-order valence-electron chi connectivity index (χ3n) is 2.51. The molecule has 0 saturated heterocycles. The van der Waals surface area contributed by atoms with Crippen molar-refractivity contribution in [1.82, 2.24) is 0 Å². The smallest absolute Gasteiger partial charge is 0.131 e. The van der Waals surface area contributed by atoms with Crippen molar-refractivity contribution in [2.75, 3.05) is 0 Å². The SMILES string of the molecule is N#CCc1ccc(-c2ccccc2F)cc1F. The minimum Gasteiger partial charge on any atom is -0.207 e. The largest absolute Gasteiger partial charge is 0.207 e. The Bertz CT molecular complexity index is 585. The molecule has 2 rings (SSSR count). The molecule has 0 unspecified atom stereocenters. The van der Waals surface area contributed by atoms with E-state index in [4.69, 9.17) is 5.26 Å². The average Bonchev–Trinajstić information content (AvgIpc) is 2.33. The van der Waals surface area contributed by atoms with Crippen LogP contribution in [0.4, 0.5) is 8.78 Å². The van der Waals surface area contributed by atoms with Crippen LogP contribution in [0.3, 0.4) is 0 Å². The van der Waals surface area contributed by atoms with E-state index in [0.29, 0.717) is 16.7 Å². The van der Waals surface area contributed by atoms with Crippen molar-refractivity contribution in [3.05, 3.63) is 59.7 Å². The lowest BCUT2D eigenvalue weighted by atomic mass is 10.0. The summed E-state index contributed by atoms with van der Waals surface area (Å²) in [6.45, 7) is 0. The van der Waals surface area contributed by atoms with Gasteiger partial charge in [0, 0.05) is 11.1 Å². The maximum Gasteiger partial charge on any atom is 0.131 e. The van der Waals surface area contributed by atoms with Crippen molar-refractivity contribution in [3.8, 4) is 17.2 Å². The maximum absolute atomic E-state index is 13.6. The summed E-state index contributed by atoms with van der Waals surface area (Å²) in [5, 5.41) is 8.50. The van der Waals surface area contributed by atoms with E-state index in [1.807, 2.05) is 6.07 Å². The van der Waals surface area contributed by atoms with Crippen LogP contribution in [0.5, 0.6) is 0 Å². The predicted octanol–water partition coefficient (Wildman–Crippen LogP) is 3.70. The van der Waals surface area contributed by atoms with Crippen LogP contribution in [-0.4, -0.2) is 0 Å². The van der Waals surface area contributed by atoms with Crippen LogP contribution >= 0.6 is 0 Å². The summed E-state index contributed by atoms with van der Waals surface area (Å²) in [6.07, 6.45) is 0.0172. The van der Waals surface area contributed by atoms with Crippen LogP contribution in [0, 0.1) is 23.0 Å². The number of hydrogen-bond donors (Lipinski definition) is 0. The van der Waals surface area contributed by atoms with Gasteiger partial charge >= 0.3 is 0 Å². The van der Waals surface area contributed by atoms with Gasteiger partial charge in [-0.25, -0.2) is 8.78 Å². The van der Waals surface area contributed by atoms with Crippen LogP contribution in [-0.2, 0) is 6.42 Å². The van der Waals surface area contributed by atoms with Crippen LogP contribution in [0.15, 0.2) is 42.5 Å². The summed E-state index contributed by atoms with van der Waals surface area (Å²) in [4.78, 5) is 0. The first-order valence-electron chi connectivity index (χ1n) is 5.12. The Morgan fingerprint density at radius 1 is 1.00 bits per heavy atom. The number of nitriles is 1. The fourth-order valence-corrected chi connectivity index (χ4v) is 1.64. The zero-order valence-corrected chi connectivity index (χ0v) is 8.95. The molecule has 0 radical (unpaired) electrons. The standard InChI is InChI=1S/C14H9F2N/c15-13-4-2-1-3-12(13)11-6-5-10(7-8-17)14(16)9-11/h1-6,9H,7H2. The molecule has 2 aromatic carbocycles. The molecule has 0 bridgehead atoms. The van der Waals surface area contributed by atoms with Crippen molar-refractivity contribution in [3.63, 3.8) is 0 Å². The second-order valence-corrected chi connectivity index (χ2v) is 3.62. The number of hydrogen-bond acceptors (Lipinski definition) is 1. The first-order chi connectivity index (χ1) is 8.22. The molecule has 2 aromatic rings. The molecule has 0 saturated carbocycles. The van der Waals surface area contributed by atoms with Crippen LogP contribution < -0.4 is 0 Å². The monoisotopic (exact) mass is 229 g/mol. The third-order valence-corrected chi connectivity index (χ3v) is 2.51. The number of nitrogens with zero attached hydrogens (tertiary/aromatic N) is 1. The molecule has 0 aliphatic heterocycles. The van der Waals surface area contributed by atoms with Crippen LogP contribution in [0.25, 0.3) is 11.1 Å². The number of benzene rings is 2.